The molecule has 0 bridgehead atoms. The Morgan fingerprint density at radius 1 is 0.956 bits per heavy atom. The summed E-state index contributed by atoms with van der Waals surface area (Å²) in [6, 6.07) is 15.2. The molecule has 0 aliphatic carbocycles. The number of rotatable bonds is 9. The molecule has 3 heterocycles. The van der Waals surface area contributed by atoms with Crippen LogP contribution in [0.1, 0.15) is 17.3 Å². The number of pyridine rings is 1. The van der Waals surface area contributed by atoms with Gasteiger partial charge in [-0.15, -0.1) is 0 Å². The van der Waals surface area contributed by atoms with Gasteiger partial charge in [-0.25, -0.2) is 9.18 Å². The van der Waals surface area contributed by atoms with E-state index in [0.29, 0.717) is 85.1 Å². The first-order valence-electron chi connectivity index (χ1n) is 14.7. The molecule has 1 saturated heterocycles. The molecule has 45 heavy (non-hydrogen) atoms. The summed E-state index contributed by atoms with van der Waals surface area (Å²) in [6.45, 7) is 5.85. The number of anilines is 1. The minimum absolute atomic E-state index is 0.0550. The van der Waals surface area contributed by atoms with Crippen LogP contribution in [0.25, 0.3) is 33.0 Å². The lowest BCUT2D eigenvalue weighted by atomic mass is 10.1. The number of aryl methyl sites for hydroxylation is 1. The third-order valence-corrected chi connectivity index (χ3v) is 8.26. The van der Waals surface area contributed by atoms with Crippen molar-refractivity contribution in [2.45, 2.75) is 13.5 Å². The maximum absolute atomic E-state index is 15.2. The van der Waals surface area contributed by atoms with Gasteiger partial charge in [0.25, 0.3) is 0 Å². The van der Waals surface area contributed by atoms with Crippen LogP contribution in [-0.4, -0.2) is 67.0 Å². The average molecular weight is 614 g/mol. The van der Waals surface area contributed by atoms with Gasteiger partial charge in [0, 0.05) is 56.9 Å². The van der Waals surface area contributed by atoms with Crippen LogP contribution in [0, 0.1) is 5.82 Å². The fraction of sp³-hybridized carbons (Fsp3) is 0.265. The van der Waals surface area contributed by atoms with E-state index < -0.39 is 17.2 Å². The lowest BCUT2D eigenvalue weighted by Crippen LogP contribution is -2.47. The SMILES string of the molecule is CCn1cc(C(=O)O)c(=O)c2cc(F)c(N3CCN(CCOc4ccc5c(=O)c(-c6ccc(OC)cc6)coc5c4)CC3)cc21. The Morgan fingerprint density at radius 2 is 1.69 bits per heavy atom. The van der Waals surface area contributed by atoms with Crippen LogP contribution in [0.15, 0.2) is 81.1 Å². The number of carboxylic acids is 1. The predicted molar refractivity (Wildman–Crippen MR) is 169 cm³/mol. The molecule has 0 amide bonds. The number of carbonyl (C=O) groups is 1. The molecule has 11 heteroatoms. The van der Waals surface area contributed by atoms with E-state index >= 15 is 4.39 Å². The van der Waals surface area contributed by atoms with Gasteiger partial charge in [-0.1, -0.05) is 12.1 Å². The molecule has 1 fully saturated rings. The summed E-state index contributed by atoms with van der Waals surface area (Å²) in [7, 11) is 1.59. The molecule has 0 saturated carbocycles. The fourth-order valence-corrected chi connectivity index (χ4v) is 5.73. The van der Waals surface area contributed by atoms with Crippen molar-refractivity contribution in [2.24, 2.45) is 0 Å². The molecule has 0 spiro atoms. The third kappa shape index (κ3) is 5.86. The zero-order valence-corrected chi connectivity index (χ0v) is 24.9. The van der Waals surface area contributed by atoms with Crippen molar-refractivity contribution in [2.75, 3.05) is 51.3 Å². The molecule has 0 atom stereocenters. The molecule has 5 aromatic rings. The molecule has 10 nitrogen and oxygen atoms in total. The molecule has 3 aromatic carbocycles. The summed E-state index contributed by atoms with van der Waals surface area (Å²) in [5.74, 6) is -0.594. The number of carboxylic acid groups (broad SMARTS) is 1. The maximum atomic E-state index is 15.2. The highest BCUT2D eigenvalue weighted by Gasteiger charge is 2.22. The van der Waals surface area contributed by atoms with E-state index in [1.807, 2.05) is 24.0 Å². The zero-order chi connectivity index (χ0) is 31.7. The molecule has 6 rings (SSSR count). The number of methoxy groups -OCH3 is 1. The van der Waals surface area contributed by atoms with Gasteiger partial charge >= 0.3 is 5.97 Å². The van der Waals surface area contributed by atoms with Crippen LogP contribution in [0.5, 0.6) is 11.5 Å². The van der Waals surface area contributed by atoms with Crippen molar-refractivity contribution in [3.63, 3.8) is 0 Å². The maximum Gasteiger partial charge on any atom is 0.341 e. The van der Waals surface area contributed by atoms with Crippen molar-refractivity contribution in [3.05, 3.63) is 98.9 Å². The Kier molecular flexibility index (Phi) is 8.27. The molecule has 1 aliphatic heterocycles. The third-order valence-electron chi connectivity index (χ3n) is 8.26. The van der Waals surface area contributed by atoms with Crippen LogP contribution in [0.4, 0.5) is 10.1 Å². The second-order valence-electron chi connectivity index (χ2n) is 10.8. The number of aromatic carboxylic acids is 1. The molecule has 0 unspecified atom stereocenters. The summed E-state index contributed by atoms with van der Waals surface area (Å²) in [4.78, 5) is 41.5. The number of piperazine rings is 1. The lowest BCUT2D eigenvalue weighted by molar-refractivity contribution is 0.0695. The summed E-state index contributed by atoms with van der Waals surface area (Å²) >= 11 is 0. The molecule has 0 radical (unpaired) electrons. The zero-order valence-electron chi connectivity index (χ0n) is 24.9. The predicted octanol–water partition coefficient (Wildman–Crippen LogP) is 4.84. The number of hydrogen-bond acceptors (Lipinski definition) is 8. The van der Waals surface area contributed by atoms with Gasteiger partial charge in [0.15, 0.2) is 5.43 Å². The standard InChI is InChI=1S/C34H32FN3O7/c1-3-37-19-26(34(41)42)33(40)25-17-28(35)30(18-29(25)37)38-12-10-36(11-13-38)14-15-44-23-8-9-24-31(16-23)45-20-27(32(24)39)21-4-6-22(43-2)7-5-21/h4-9,16-20H,3,10-15H2,1-2H3,(H,41,42). The highest BCUT2D eigenvalue weighted by atomic mass is 19.1. The summed E-state index contributed by atoms with van der Waals surface area (Å²) in [5, 5.41) is 9.91. The van der Waals surface area contributed by atoms with E-state index in [-0.39, 0.29) is 16.4 Å². The van der Waals surface area contributed by atoms with Gasteiger partial charge in [-0.05, 0) is 48.9 Å². The first-order chi connectivity index (χ1) is 21.8. The monoisotopic (exact) mass is 613 g/mol. The van der Waals surface area contributed by atoms with Crippen LogP contribution in [0.3, 0.4) is 0 Å². The number of nitrogens with zero attached hydrogens (tertiary/aromatic N) is 3. The van der Waals surface area contributed by atoms with Crippen LogP contribution in [0.2, 0.25) is 0 Å². The smallest absolute Gasteiger partial charge is 0.341 e. The van der Waals surface area contributed by atoms with E-state index in [0.717, 1.165) is 11.6 Å². The van der Waals surface area contributed by atoms with E-state index in [4.69, 9.17) is 13.9 Å². The topological polar surface area (TPSA) is 114 Å². The molecule has 1 N–H and O–H groups in total. The van der Waals surface area contributed by atoms with E-state index in [1.165, 1.54) is 12.5 Å². The van der Waals surface area contributed by atoms with Gasteiger partial charge < -0.3 is 28.5 Å². The minimum atomic E-state index is -1.33. The Hall–Kier alpha value is -5.16. The second kappa shape index (κ2) is 12.4. The summed E-state index contributed by atoms with van der Waals surface area (Å²) < 4.78 is 33.8. The number of ether oxygens (including phenoxy) is 2. The van der Waals surface area contributed by atoms with Crippen molar-refractivity contribution in [1.82, 2.24) is 9.47 Å². The quantitative estimate of drug-likeness (QED) is 0.249. The lowest BCUT2D eigenvalue weighted by Gasteiger charge is -2.36. The Labute approximate surface area is 257 Å². The number of fused-ring (bicyclic) bond motifs is 2. The van der Waals surface area contributed by atoms with Gasteiger partial charge in [-0.3, -0.25) is 14.5 Å². The van der Waals surface area contributed by atoms with Crippen molar-refractivity contribution < 1.29 is 28.2 Å². The van der Waals surface area contributed by atoms with Gasteiger partial charge in [0.2, 0.25) is 5.43 Å². The normalized spacial score (nSPS) is 13.8. The Balaban J connectivity index is 1.08. The van der Waals surface area contributed by atoms with Gasteiger partial charge in [-0.2, -0.15) is 0 Å². The minimum Gasteiger partial charge on any atom is -0.497 e. The van der Waals surface area contributed by atoms with Crippen LogP contribution >= 0.6 is 0 Å². The van der Waals surface area contributed by atoms with Crippen LogP contribution in [-0.2, 0) is 6.54 Å². The van der Waals surface area contributed by atoms with Gasteiger partial charge in [0.05, 0.1) is 29.3 Å². The molecular weight excluding hydrogens is 581 g/mol. The van der Waals surface area contributed by atoms with Crippen LogP contribution < -0.4 is 25.2 Å². The number of halogens is 1. The van der Waals surface area contributed by atoms with Gasteiger partial charge in [0.1, 0.15) is 41.3 Å². The number of hydrogen-bond donors (Lipinski definition) is 1. The Morgan fingerprint density at radius 3 is 2.38 bits per heavy atom. The largest absolute Gasteiger partial charge is 0.497 e. The number of benzene rings is 3. The first kappa shape index (κ1) is 29.9. The molecule has 1 aliphatic rings. The Bertz CT molecular complexity index is 2010. The van der Waals surface area contributed by atoms with Crippen molar-refractivity contribution in [1.29, 1.82) is 0 Å². The van der Waals surface area contributed by atoms with E-state index in [2.05, 4.69) is 4.90 Å². The van der Waals surface area contributed by atoms with E-state index in [1.54, 1.807) is 48.1 Å². The molecule has 232 valence electrons. The highest BCUT2D eigenvalue weighted by Crippen LogP contribution is 2.27. The second-order valence-corrected chi connectivity index (χ2v) is 10.8. The summed E-state index contributed by atoms with van der Waals surface area (Å²) in [6.07, 6.45) is 2.78. The molecular formula is C34H32FN3O7. The van der Waals surface area contributed by atoms with Crippen molar-refractivity contribution >= 4 is 33.5 Å². The van der Waals surface area contributed by atoms with Crippen molar-refractivity contribution in [3.8, 4) is 22.6 Å². The summed E-state index contributed by atoms with van der Waals surface area (Å²) in [5.41, 5.74) is 1.34. The first-order valence-corrected chi connectivity index (χ1v) is 14.7. The molecule has 2 aromatic heterocycles. The fourth-order valence-electron chi connectivity index (χ4n) is 5.73. The average Bonchev–Trinajstić information content (AvgIpc) is 3.05. The van der Waals surface area contributed by atoms with E-state index in [9.17, 15) is 19.5 Å². The highest BCUT2D eigenvalue weighted by molar-refractivity contribution is 5.93. The number of aromatic nitrogens is 1.